The molecule has 0 atom stereocenters. The molecular weight excluding hydrogens is 323 g/mol. The van der Waals surface area contributed by atoms with Crippen LogP contribution in [0.2, 0.25) is 0 Å². The summed E-state index contributed by atoms with van der Waals surface area (Å²) in [5.74, 6) is 0.445. The second-order valence-electron chi connectivity index (χ2n) is 5.67. The van der Waals surface area contributed by atoms with Gasteiger partial charge < -0.3 is 14.7 Å². The second-order valence-corrected chi connectivity index (χ2v) is 5.67. The monoisotopic (exact) mass is 340 g/mol. The Morgan fingerprint density at radius 1 is 1.24 bits per heavy atom. The van der Waals surface area contributed by atoms with Gasteiger partial charge in [-0.25, -0.2) is 9.18 Å². The number of aromatic nitrogens is 2. The Labute approximate surface area is 144 Å². The molecule has 0 aliphatic carbocycles. The summed E-state index contributed by atoms with van der Waals surface area (Å²) in [6.07, 6.45) is 0. The Kier molecular flexibility index (Phi) is 4.74. The Hall–Kier alpha value is -3.22. The van der Waals surface area contributed by atoms with Crippen molar-refractivity contribution in [3.05, 3.63) is 65.8 Å². The van der Waals surface area contributed by atoms with E-state index in [1.165, 1.54) is 29.2 Å². The van der Waals surface area contributed by atoms with Crippen molar-refractivity contribution in [1.82, 2.24) is 15.0 Å². The summed E-state index contributed by atoms with van der Waals surface area (Å²) in [4.78, 5) is 17.9. The lowest BCUT2D eigenvalue weighted by atomic mass is 10.1. The summed E-state index contributed by atoms with van der Waals surface area (Å²) in [6.45, 7) is 2.14. The van der Waals surface area contributed by atoms with Crippen molar-refractivity contribution >= 4 is 11.7 Å². The van der Waals surface area contributed by atoms with Gasteiger partial charge in [-0.05, 0) is 37.3 Å². The smallest absolute Gasteiger partial charge is 0.322 e. The molecule has 0 aliphatic rings. The first-order chi connectivity index (χ1) is 12.0. The zero-order chi connectivity index (χ0) is 17.8. The molecule has 1 aromatic heterocycles. The van der Waals surface area contributed by atoms with Crippen LogP contribution < -0.4 is 5.32 Å². The van der Waals surface area contributed by atoms with Crippen LogP contribution in [0, 0.1) is 12.7 Å². The van der Waals surface area contributed by atoms with Crippen molar-refractivity contribution in [2.24, 2.45) is 0 Å². The van der Waals surface area contributed by atoms with E-state index in [9.17, 15) is 9.18 Å². The molecule has 3 aromatic rings. The minimum absolute atomic E-state index is 0.159. The van der Waals surface area contributed by atoms with Gasteiger partial charge in [-0.3, -0.25) is 0 Å². The van der Waals surface area contributed by atoms with Gasteiger partial charge in [0.05, 0.1) is 0 Å². The summed E-state index contributed by atoms with van der Waals surface area (Å²) in [6, 6.07) is 12.9. The lowest BCUT2D eigenvalue weighted by Crippen LogP contribution is -2.30. The molecule has 1 N–H and O–H groups in total. The molecule has 0 saturated heterocycles. The number of halogens is 1. The van der Waals surface area contributed by atoms with E-state index in [0.717, 1.165) is 11.1 Å². The van der Waals surface area contributed by atoms with Gasteiger partial charge in [-0.2, -0.15) is 4.98 Å². The molecule has 0 aliphatic heterocycles. The molecule has 128 valence electrons. The predicted octanol–water partition coefficient (Wildman–Crippen LogP) is 3.85. The molecule has 0 spiro atoms. The van der Waals surface area contributed by atoms with Gasteiger partial charge in [0.15, 0.2) is 0 Å². The molecule has 6 nitrogen and oxygen atoms in total. The average molecular weight is 340 g/mol. The van der Waals surface area contributed by atoms with Gasteiger partial charge in [0.1, 0.15) is 12.4 Å². The molecule has 2 aromatic carbocycles. The highest BCUT2D eigenvalue weighted by Gasteiger charge is 2.15. The topological polar surface area (TPSA) is 71.3 Å². The fraction of sp³-hybridized carbons (Fsp3) is 0.167. The number of benzene rings is 2. The maximum atomic E-state index is 12.9. The van der Waals surface area contributed by atoms with E-state index in [-0.39, 0.29) is 18.4 Å². The van der Waals surface area contributed by atoms with Crippen molar-refractivity contribution in [3.8, 4) is 11.4 Å². The SMILES string of the molecule is Cc1cccc(-c2noc(CN(C)C(=O)Nc3ccc(F)cc3)n2)c1. The lowest BCUT2D eigenvalue weighted by molar-refractivity contribution is 0.213. The number of nitrogens with one attached hydrogen (secondary N) is 1. The van der Waals surface area contributed by atoms with E-state index < -0.39 is 0 Å². The standard InChI is InChI=1S/C18H17FN4O2/c1-12-4-3-5-13(10-12)17-21-16(25-22-17)11-23(2)18(24)20-15-8-6-14(19)7-9-15/h3-10H,11H2,1-2H3,(H,20,24). The Morgan fingerprint density at radius 3 is 2.72 bits per heavy atom. The number of urea groups is 1. The first-order valence-corrected chi connectivity index (χ1v) is 7.68. The van der Waals surface area contributed by atoms with Crippen molar-refractivity contribution < 1.29 is 13.7 Å². The molecular formula is C18H17FN4O2. The van der Waals surface area contributed by atoms with Crippen LogP contribution in [0.15, 0.2) is 53.1 Å². The zero-order valence-electron chi connectivity index (χ0n) is 13.9. The first-order valence-electron chi connectivity index (χ1n) is 7.68. The maximum absolute atomic E-state index is 12.9. The molecule has 0 bridgehead atoms. The molecule has 3 rings (SSSR count). The number of hydrogen-bond donors (Lipinski definition) is 1. The summed E-state index contributed by atoms with van der Waals surface area (Å²) >= 11 is 0. The van der Waals surface area contributed by atoms with Gasteiger partial charge in [0.25, 0.3) is 0 Å². The van der Waals surface area contributed by atoms with E-state index >= 15 is 0 Å². The van der Waals surface area contributed by atoms with Gasteiger partial charge in [-0.1, -0.05) is 28.9 Å². The Bertz CT molecular complexity index is 877. The van der Waals surface area contributed by atoms with Crippen LogP contribution in [0.3, 0.4) is 0 Å². The third kappa shape index (κ3) is 4.20. The van der Waals surface area contributed by atoms with E-state index in [1.807, 2.05) is 31.2 Å². The van der Waals surface area contributed by atoms with Gasteiger partial charge in [0, 0.05) is 18.3 Å². The fourth-order valence-corrected chi connectivity index (χ4v) is 2.25. The molecule has 1 heterocycles. The van der Waals surface area contributed by atoms with Crippen molar-refractivity contribution in [1.29, 1.82) is 0 Å². The number of carbonyl (C=O) groups excluding carboxylic acids is 1. The minimum Gasteiger partial charge on any atom is -0.337 e. The second kappa shape index (κ2) is 7.12. The van der Waals surface area contributed by atoms with Crippen molar-refractivity contribution in [3.63, 3.8) is 0 Å². The fourth-order valence-electron chi connectivity index (χ4n) is 2.25. The largest absolute Gasteiger partial charge is 0.337 e. The first kappa shape index (κ1) is 16.6. The Morgan fingerprint density at radius 2 is 2.00 bits per heavy atom. The van der Waals surface area contributed by atoms with Crippen molar-refractivity contribution in [2.75, 3.05) is 12.4 Å². The van der Waals surface area contributed by atoms with Crippen LogP contribution in [0.1, 0.15) is 11.5 Å². The highest BCUT2D eigenvalue weighted by molar-refractivity contribution is 5.88. The number of carbonyl (C=O) groups is 1. The van der Waals surface area contributed by atoms with Crippen LogP contribution in [0.4, 0.5) is 14.9 Å². The van der Waals surface area contributed by atoms with Crippen LogP contribution in [0.5, 0.6) is 0 Å². The van der Waals surface area contributed by atoms with Gasteiger partial charge in [-0.15, -0.1) is 0 Å². The highest BCUT2D eigenvalue weighted by Crippen LogP contribution is 2.17. The van der Waals surface area contributed by atoms with Crippen molar-refractivity contribution in [2.45, 2.75) is 13.5 Å². The average Bonchev–Trinajstić information content (AvgIpc) is 3.05. The number of nitrogens with zero attached hydrogens (tertiary/aromatic N) is 3. The summed E-state index contributed by atoms with van der Waals surface area (Å²) in [5.41, 5.74) is 2.46. The third-order valence-corrected chi connectivity index (χ3v) is 3.56. The van der Waals surface area contributed by atoms with E-state index in [2.05, 4.69) is 15.5 Å². The number of amides is 2. The molecule has 0 unspecified atom stereocenters. The molecule has 0 fully saturated rings. The van der Waals surface area contributed by atoms with Gasteiger partial charge >= 0.3 is 6.03 Å². The summed E-state index contributed by atoms with van der Waals surface area (Å²) < 4.78 is 18.1. The predicted molar refractivity (Wildman–Crippen MR) is 91.4 cm³/mol. The molecule has 7 heteroatoms. The summed E-state index contributed by atoms with van der Waals surface area (Å²) in [5, 5.41) is 6.61. The maximum Gasteiger partial charge on any atom is 0.322 e. The minimum atomic E-state index is -0.360. The normalized spacial score (nSPS) is 10.5. The van der Waals surface area contributed by atoms with Crippen LogP contribution in [0.25, 0.3) is 11.4 Å². The summed E-state index contributed by atoms with van der Waals surface area (Å²) in [7, 11) is 1.61. The quantitative estimate of drug-likeness (QED) is 0.783. The van der Waals surface area contributed by atoms with Gasteiger partial charge in [0.2, 0.25) is 11.7 Å². The molecule has 0 saturated carbocycles. The third-order valence-electron chi connectivity index (χ3n) is 3.56. The van der Waals surface area contributed by atoms with E-state index in [1.54, 1.807) is 7.05 Å². The molecule has 0 radical (unpaired) electrons. The molecule has 25 heavy (non-hydrogen) atoms. The lowest BCUT2D eigenvalue weighted by Gasteiger charge is -2.15. The number of anilines is 1. The Balaban J connectivity index is 1.64. The van der Waals surface area contributed by atoms with E-state index in [0.29, 0.717) is 17.4 Å². The highest BCUT2D eigenvalue weighted by atomic mass is 19.1. The van der Waals surface area contributed by atoms with E-state index in [4.69, 9.17) is 4.52 Å². The van der Waals surface area contributed by atoms with Crippen LogP contribution in [-0.4, -0.2) is 28.1 Å². The number of hydrogen-bond acceptors (Lipinski definition) is 4. The zero-order valence-corrected chi connectivity index (χ0v) is 13.9. The number of aryl methyl sites for hydroxylation is 1. The van der Waals surface area contributed by atoms with Crippen LogP contribution in [-0.2, 0) is 6.54 Å². The van der Waals surface area contributed by atoms with Crippen LogP contribution >= 0.6 is 0 Å². The molecule has 2 amide bonds. The number of rotatable bonds is 4.